The number of hydrogen-bond donors (Lipinski definition) is 4. The van der Waals surface area contributed by atoms with E-state index in [2.05, 4.69) is 25.5 Å². The minimum Gasteiger partial charge on any atom is -0.505 e. The van der Waals surface area contributed by atoms with Crippen LogP contribution in [0.5, 0.6) is 5.75 Å². The molecular formula is C25H19N5O3. The van der Waals surface area contributed by atoms with E-state index in [1.807, 2.05) is 55.5 Å². The Morgan fingerprint density at radius 3 is 2.52 bits per heavy atom. The lowest BCUT2D eigenvalue weighted by molar-refractivity contribution is 0.102. The highest BCUT2D eigenvalue weighted by atomic mass is 16.3. The van der Waals surface area contributed by atoms with Gasteiger partial charge in [-0.15, -0.1) is 5.11 Å². The van der Waals surface area contributed by atoms with Gasteiger partial charge in [0.1, 0.15) is 5.69 Å². The Bertz CT molecular complexity index is 1610. The summed E-state index contributed by atoms with van der Waals surface area (Å²) in [6, 6.07) is 21.5. The summed E-state index contributed by atoms with van der Waals surface area (Å²) in [7, 11) is 0. The Morgan fingerprint density at radius 1 is 0.909 bits per heavy atom. The number of anilines is 1. The van der Waals surface area contributed by atoms with Crippen LogP contribution in [0, 0.1) is 6.92 Å². The quantitative estimate of drug-likeness (QED) is 0.270. The number of aromatic nitrogens is 2. The van der Waals surface area contributed by atoms with Crippen molar-refractivity contribution in [1.29, 1.82) is 0 Å². The first-order chi connectivity index (χ1) is 16.0. The number of carbonyl (C=O) groups is 1. The molecule has 0 bridgehead atoms. The summed E-state index contributed by atoms with van der Waals surface area (Å²) in [5.41, 5.74) is 3.23. The third-order valence-corrected chi connectivity index (χ3v) is 5.39. The molecule has 8 nitrogen and oxygen atoms in total. The van der Waals surface area contributed by atoms with Crippen molar-refractivity contribution in [2.45, 2.75) is 6.92 Å². The third kappa shape index (κ3) is 3.85. The van der Waals surface area contributed by atoms with Crippen molar-refractivity contribution >= 4 is 44.8 Å². The fourth-order valence-electron chi connectivity index (χ4n) is 3.68. The van der Waals surface area contributed by atoms with Gasteiger partial charge in [-0.05, 0) is 48.2 Å². The predicted octanol–water partition coefficient (Wildman–Crippen LogP) is 5.69. The lowest BCUT2D eigenvalue weighted by atomic mass is 10.0. The van der Waals surface area contributed by atoms with Crippen LogP contribution in [-0.2, 0) is 0 Å². The van der Waals surface area contributed by atoms with E-state index < -0.39 is 5.91 Å². The van der Waals surface area contributed by atoms with E-state index in [1.165, 1.54) is 0 Å². The number of amides is 1. The molecular weight excluding hydrogens is 418 g/mol. The summed E-state index contributed by atoms with van der Waals surface area (Å²) < 4.78 is 0. The zero-order valence-corrected chi connectivity index (χ0v) is 17.6. The molecule has 0 unspecified atom stereocenters. The van der Waals surface area contributed by atoms with E-state index in [0.717, 1.165) is 10.9 Å². The van der Waals surface area contributed by atoms with Gasteiger partial charge < -0.3 is 20.4 Å². The molecule has 4 aromatic carbocycles. The maximum absolute atomic E-state index is 13.1. The summed E-state index contributed by atoms with van der Waals surface area (Å²) in [5, 5.41) is 23.8. The second kappa shape index (κ2) is 8.08. The van der Waals surface area contributed by atoms with Crippen molar-refractivity contribution in [3.63, 3.8) is 0 Å². The van der Waals surface area contributed by atoms with Gasteiger partial charge >= 0.3 is 5.69 Å². The van der Waals surface area contributed by atoms with Crippen LogP contribution < -0.4 is 11.0 Å². The van der Waals surface area contributed by atoms with Gasteiger partial charge in [0.25, 0.3) is 5.91 Å². The number of imidazole rings is 1. The van der Waals surface area contributed by atoms with Crippen LogP contribution in [0.25, 0.3) is 21.8 Å². The number of aryl methyl sites for hydroxylation is 1. The molecule has 0 saturated carbocycles. The van der Waals surface area contributed by atoms with Crippen molar-refractivity contribution in [3.05, 3.63) is 94.4 Å². The van der Waals surface area contributed by atoms with Crippen LogP contribution >= 0.6 is 0 Å². The minimum atomic E-state index is -0.511. The van der Waals surface area contributed by atoms with Crippen LogP contribution in [0.1, 0.15) is 15.9 Å². The SMILES string of the molecule is Cc1ccccc1/N=N/c1c(O)c(C(=O)Nc2ccc3[nH]c(=O)[nH]c3c2)cc2ccccc12. The lowest BCUT2D eigenvalue weighted by Gasteiger charge is -2.11. The summed E-state index contributed by atoms with van der Waals surface area (Å²) in [4.78, 5) is 29.9. The van der Waals surface area contributed by atoms with Crippen LogP contribution in [0.2, 0.25) is 0 Å². The number of nitrogens with zero attached hydrogens (tertiary/aromatic N) is 2. The van der Waals surface area contributed by atoms with Gasteiger partial charge in [-0.2, -0.15) is 5.11 Å². The molecule has 1 aromatic heterocycles. The smallest absolute Gasteiger partial charge is 0.323 e. The van der Waals surface area contributed by atoms with Gasteiger partial charge in [-0.25, -0.2) is 4.79 Å². The average molecular weight is 437 g/mol. The Balaban J connectivity index is 1.56. The maximum atomic E-state index is 13.1. The Morgan fingerprint density at radius 2 is 1.67 bits per heavy atom. The number of azo groups is 1. The molecule has 0 atom stereocenters. The van der Waals surface area contributed by atoms with Gasteiger partial charge in [0.2, 0.25) is 0 Å². The fourth-order valence-corrected chi connectivity index (χ4v) is 3.68. The van der Waals surface area contributed by atoms with Crippen LogP contribution in [-0.4, -0.2) is 21.0 Å². The largest absolute Gasteiger partial charge is 0.505 e. The molecule has 5 aromatic rings. The number of hydrogen-bond acceptors (Lipinski definition) is 5. The topological polar surface area (TPSA) is 123 Å². The Hall–Kier alpha value is -4.72. The molecule has 1 heterocycles. The molecule has 33 heavy (non-hydrogen) atoms. The van der Waals surface area contributed by atoms with Crippen molar-refractivity contribution in [1.82, 2.24) is 9.97 Å². The van der Waals surface area contributed by atoms with Gasteiger partial charge in [0.05, 0.1) is 22.3 Å². The number of rotatable bonds is 4. The van der Waals surface area contributed by atoms with Crippen LogP contribution in [0.15, 0.2) is 87.8 Å². The van der Waals surface area contributed by atoms with Gasteiger partial charge in [-0.3, -0.25) is 4.79 Å². The molecule has 8 heteroatoms. The van der Waals surface area contributed by atoms with E-state index >= 15 is 0 Å². The van der Waals surface area contributed by atoms with Crippen molar-refractivity contribution in [2.24, 2.45) is 10.2 Å². The zero-order valence-electron chi connectivity index (χ0n) is 17.6. The summed E-state index contributed by atoms with van der Waals surface area (Å²) in [5.74, 6) is -0.775. The standard InChI is InChI=1S/C25H19N5O3/c1-14-6-2-5-9-19(14)29-30-22-17-8-4-3-7-15(17)12-18(23(22)31)24(32)26-16-10-11-20-21(13-16)28-25(33)27-20/h2-13,31H,1H3,(H,26,32)(H2,27,28,33)/b30-29+. The van der Waals surface area contributed by atoms with Crippen LogP contribution in [0.3, 0.4) is 0 Å². The van der Waals surface area contributed by atoms with Gasteiger partial charge in [0, 0.05) is 11.1 Å². The van der Waals surface area contributed by atoms with Crippen LogP contribution in [0.4, 0.5) is 17.1 Å². The number of carbonyl (C=O) groups excluding carboxylic acids is 1. The van der Waals surface area contributed by atoms with E-state index in [4.69, 9.17) is 0 Å². The molecule has 162 valence electrons. The molecule has 0 fully saturated rings. The Kier molecular flexibility index (Phi) is 4.95. The summed E-state index contributed by atoms with van der Waals surface area (Å²) >= 11 is 0. The third-order valence-electron chi connectivity index (χ3n) is 5.39. The second-order valence-electron chi connectivity index (χ2n) is 7.62. The first kappa shape index (κ1) is 20.2. The number of phenols is 1. The highest BCUT2D eigenvalue weighted by Gasteiger charge is 2.19. The molecule has 0 spiro atoms. The number of phenolic OH excluding ortho intramolecular Hbond substituents is 1. The number of fused-ring (bicyclic) bond motifs is 2. The van der Waals surface area contributed by atoms with E-state index in [-0.39, 0.29) is 22.7 Å². The predicted molar refractivity (Wildman–Crippen MR) is 128 cm³/mol. The molecule has 0 radical (unpaired) electrons. The molecule has 0 aliphatic heterocycles. The molecule has 0 aliphatic rings. The zero-order chi connectivity index (χ0) is 22.9. The van der Waals surface area contributed by atoms with Crippen molar-refractivity contribution in [2.75, 3.05) is 5.32 Å². The minimum absolute atomic E-state index is 0.0649. The molecule has 0 aliphatic carbocycles. The van der Waals surface area contributed by atoms with E-state index in [9.17, 15) is 14.7 Å². The molecule has 1 amide bonds. The Labute approximate surface area is 187 Å². The van der Waals surface area contributed by atoms with E-state index in [0.29, 0.717) is 27.8 Å². The second-order valence-corrected chi connectivity index (χ2v) is 7.62. The first-order valence-electron chi connectivity index (χ1n) is 10.2. The number of aromatic hydroxyl groups is 1. The lowest BCUT2D eigenvalue weighted by Crippen LogP contribution is -2.12. The summed E-state index contributed by atoms with van der Waals surface area (Å²) in [6.45, 7) is 1.92. The van der Waals surface area contributed by atoms with Gasteiger partial charge in [-0.1, -0.05) is 42.5 Å². The first-order valence-corrected chi connectivity index (χ1v) is 10.2. The molecule has 0 saturated heterocycles. The molecule has 5 rings (SSSR count). The fraction of sp³-hybridized carbons (Fsp3) is 0.0400. The number of nitrogens with one attached hydrogen (secondary N) is 3. The normalized spacial score (nSPS) is 11.4. The number of aromatic amines is 2. The van der Waals surface area contributed by atoms with Crippen molar-refractivity contribution < 1.29 is 9.90 Å². The molecule has 4 N–H and O–H groups in total. The number of benzene rings is 4. The maximum Gasteiger partial charge on any atom is 0.323 e. The average Bonchev–Trinajstić information content (AvgIpc) is 3.18. The van der Waals surface area contributed by atoms with Crippen molar-refractivity contribution in [3.8, 4) is 5.75 Å². The van der Waals surface area contributed by atoms with Gasteiger partial charge in [0.15, 0.2) is 5.75 Å². The van der Waals surface area contributed by atoms with E-state index in [1.54, 1.807) is 24.3 Å². The highest BCUT2D eigenvalue weighted by Crippen LogP contribution is 2.39. The summed E-state index contributed by atoms with van der Waals surface area (Å²) in [6.07, 6.45) is 0. The monoisotopic (exact) mass is 437 g/mol. The number of H-pyrrole nitrogens is 2. The highest BCUT2D eigenvalue weighted by molar-refractivity contribution is 6.12.